The van der Waals surface area contributed by atoms with Crippen molar-refractivity contribution in [2.45, 2.75) is 27.2 Å². The summed E-state index contributed by atoms with van der Waals surface area (Å²) in [7, 11) is 0. The van der Waals surface area contributed by atoms with Crippen LogP contribution in [-0.2, 0) is 0 Å². The second kappa shape index (κ2) is 6.09. The SMILES string of the molecule is CCCNc1ccc(C(=O)N2CC(C)C(C)C2)cc1. The van der Waals surface area contributed by atoms with Crippen LogP contribution >= 0.6 is 0 Å². The average molecular weight is 260 g/mol. The summed E-state index contributed by atoms with van der Waals surface area (Å²) in [5.74, 6) is 1.38. The monoisotopic (exact) mass is 260 g/mol. The third-order valence-corrected chi connectivity index (χ3v) is 3.99. The number of anilines is 1. The Morgan fingerprint density at radius 2 is 1.79 bits per heavy atom. The maximum absolute atomic E-state index is 12.4. The zero-order valence-corrected chi connectivity index (χ0v) is 12.1. The third-order valence-electron chi connectivity index (χ3n) is 3.99. The lowest BCUT2D eigenvalue weighted by molar-refractivity contribution is 0.0785. The van der Waals surface area contributed by atoms with Crippen LogP contribution in [0.3, 0.4) is 0 Å². The van der Waals surface area contributed by atoms with E-state index in [1.807, 2.05) is 29.2 Å². The number of carbonyl (C=O) groups excluding carboxylic acids is 1. The van der Waals surface area contributed by atoms with Crippen LogP contribution in [0.2, 0.25) is 0 Å². The van der Waals surface area contributed by atoms with Crippen molar-refractivity contribution in [3.63, 3.8) is 0 Å². The highest BCUT2D eigenvalue weighted by Gasteiger charge is 2.29. The predicted molar refractivity (Wildman–Crippen MR) is 79.5 cm³/mol. The molecule has 104 valence electrons. The quantitative estimate of drug-likeness (QED) is 0.901. The van der Waals surface area contributed by atoms with Gasteiger partial charge in [-0.3, -0.25) is 4.79 Å². The fourth-order valence-corrected chi connectivity index (χ4v) is 2.48. The Hall–Kier alpha value is -1.51. The Morgan fingerprint density at radius 1 is 1.21 bits per heavy atom. The molecule has 1 aromatic rings. The number of nitrogens with zero attached hydrogens (tertiary/aromatic N) is 1. The lowest BCUT2D eigenvalue weighted by Gasteiger charge is -2.16. The molecule has 2 rings (SSSR count). The molecule has 2 atom stereocenters. The molecule has 3 heteroatoms. The molecule has 0 aromatic heterocycles. The van der Waals surface area contributed by atoms with E-state index in [9.17, 15) is 4.79 Å². The highest BCUT2D eigenvalue weighted by Crippen LogP contribution is 2.24. The van der Waals surface area contributed by atoms with Crippen molar-refractivity contribution in [3.8, 4) is 0 Å². The molecule has 1 aliphatic rings. The van der Waals surface area contributed by atoms with E-state index in [4.69, 9.17) is 0 Å². The molecule has 0 aliphatic carbocycles. The van der Waals surface area contributed by atoms with Crippen LogP contribution in [0, 0.1) is 11.8 Å². The second-order valence-corrected chi connectivity index (χ2v) is 5.67. The van der Waals surface area contributed by atoms with Gasteiger partial charge in [0.2, 0.25) is 0 Å². The summed E-state index contributed by atoms with van der Waals surface area (Å²) < 4.78 is 0. The highest BCUT2D eigenvalue weighted by atomic mass is 16.2. The number of rotatable bonds is 4. The van der Waals surface area contributed by atoms with Crippen molar-refractivity contribution in [1.82, 2.24) is 4.90 Å². The summed E-state index contributed by atoms with van der Waals surface area (Å²) in [6.07, 6.45) is 1.10. The fourth-order valence-electron chi connectivity index (χ4n) is 2.48. The maximum atomic E-state index is 12.4. The van der Waals surface area contributed by atoms with Crippen molar-refractivity contribution in [2.24, 2.45) is 11.8 Å². The van der Waals surface area contributed by atoms with E-state index >= 15 is 0 Å². The molecule has 19 heavy (non-hydrogen) atoms. The van der Waals surface area contributed by atoms with Gasteiger partial charge < -0.3 is 10.2 Å². The summed E-state index contributed by atoms with van der Waals surface area (Å²) >= 11 is 0. The first-order valence-electron chi connectivity index (χ1n) is 7.25. The molecule has 0 bridgehead atoms. The highest BCUT2D eigenvalue weighted by molar-refractivity contribution is 5.94. The average Bonchev–Trinajstić information content (AvgIpc) is 2.76. The minimum atomic E-state index is 0.165. The van der Waals surface area contributed by atoms with Gasteiger partial charge in [-0.2, -0.15) is 0 Å². The number of hydrogen-bond acceptors (Lipinski definition) is 2. The second-order valence-electron chi connectivity index (χ2n) is 5.67. The molecule has 2 unspecified atom stereocenters. The summed E-state index contributed by atoms with van der Waals surface area (Å²) in [4.78, 5) is 14.3. The van der Waals surface area contributed by atoms with E-state index in [0.29, 0.717) is 11.8 Å². The van der Waals surface area contributed by atoms with Crippen molar-refractivity contribution >= 4 is 11.6 Å². The minimum absolute atomic E-state index is 0.165. The molecule has 3 nitrogen and oxygen atoms in total. The number of likely N-dealkylation sites (tertiary alicyclic amines) is 1. The molecule has 1 saturated heterocycles. The van der Waals surface area contributed by atoms with Crippen LogP contribution in [0.1, 0.15) is 37.6 Å². The Labute approximate surface area is 116 Å². The van der Waals surface area contributed by atoms with Gasteiger partial charge in [0.05, 0.1) is 0 Å². The van der Waals surface area contributed by atoms with E-state index in [-0.39, 0.29) is 5.91 Å². The molecule has 1 fully saturated rings. The van der Waals surface area contributed by atoms with E-state index < -0.39 is 0 Å². The Morgan fingerprint density at radius 3 is 2.32 bits per heavy atom. The number of benzene rings is 1. The van der Waals surface area contributed by atoms with Gasteiger partial charge in [-0.25, -0.2) is 0 Å². The van der Waals surface area contributed by atoms with Crippen molar-refractivity contribution in [1.29, 1.82) is 0 Å². The van der Waals surface area contributed by atoms with Crippen LogP contribution in [0.5, 0.6) is 0 Å². The first-order valence-corrected chi connectivity index (χ1v) is 7.25. The van der Waals surface area contributed by atoms with Gasteiger partial charge in [-0.15, -0.1) is 0 Å². The zero-order valence-electron chi connectivity index (χ0n) is 12.1. The van der Waals surface area contributed by atoms with Gasteiger partial charge in [-0.05, 0) is 42.5 Å². The number of nitrogens with one attached hydrogen (secondary N) is 1. The summed E-state index contributed by atoms with van der Waals surface area (Å²) in [6, 6.07) is 7.83. The van der Waals surface area contributed by atoms with E-state index in [1.54, 1.807) is 0 Å². The summed E-state index contributed by atoms with van der Waals surface area (Å²) in [6.45, 7) is 9.31. The predicted octanol–water partition coefficient (Wildman–Crippen LogP) is 3.24. The third kappa shape index (κ3) is 3.28. The van der Waals surface area contributed by atoms with Crippen molar-refractivity contribution in [2.75, 3.05) is 25.0 Å². The van der Waals surface area contributed by atoms with Gasteiger partial charge in [0.25, 0.3) is 5.91 Å². The van der Waals surface area contributed by atoms with Gasteiger partial charge >= 0.3 is 0 Å². The first kappa shape index (κ1) is 13.9. The van der Waals surface area contributed by atoms with Crippen molar-refractivity contribution in [3.05, 3.63) is 29.8 Å². The lowest BCUT2D eigenvalue weighted by atomic mass is 10.0. The molecule has 0 saturated carbocycles. The molecular formula is C16H24N2O. The minimum Gasteiger partial charge on any atom is -0.385 e. The molecule has 1 aliphatic heterocycles. The Bertz CT molecular complexity index is 417. The van der Waals surface area contributed by atoms with Crippen LogP contribution < -0.4 is 5.32 Å². The molecule has 0 spiro atoms. The smallest absolute Gasteiger partial charge is 0.253 e. The standard InChI is InChI=1S/C16H24N2O/c1-4-9-17-15-7-5-14(6-8-15)16(19)18-10-12(2)13(3)11-18/h5-8,12-13,17H,4,9-11H2,1-3H3. The molecule has 1 N–H and O–H groups in total. The zero-order chi connectivity index (χ0) is 13.8. The first-order chi connectivity index (χ1) is 9.11. The Balaban J connectivity index is 2.00. The molecular weight excluding hydrogens is 236 g/mol. The van der Waals surface area contributed by atoms with E-state index in [2.05, 4.69) is 26.1 Å². The normalized spacial score (nSPS) is 22.6. The van der Waals surface area contributed by atoms with Crippen LogP contribution in [0.15, 0.2) is 24.3 Å². The molecule has 1 amide bonds. The van der Waals surface area contributed by atoms with Crippen LogP contribution in [0.25, 0.3) is 0 Å². The summed E-state index contributed by atoms with van der Waals surface area (Å²) in [5.41, 5.74) is 1.88. The Kier molecular flexibility index (Phi) is 4.46. The lowest BCUT2D eigenvalue weighted by Crippen LogP contribution is -2.28. The fraction of sp³-hybridized carbons (Fsp3) is 0.562. The van der Waals surface area contributed by atoms with Crippen LogP contribution in [-0.4, -0.2) is 30.4 Å². The molecule has 1 heterocycles. The maximum Gasteiger partial charge on any atom is 0.253 e. The van der Waals surface area contributed by atoms with Gasteiger partial charge in [0.1, 0.15) is 0 Å². The number of carbonyl (C=O) groups is 1. The van der Waals surface area contributed by atoms with Gasteiger partial charge in [-0.1, -0.05) is 20.8 Å². The van der Waals surface area contributed by atoms with Gasteiger partial charge in [0.15, 0.2) is 0 Å². The van der Waals surface area contributed by atoms with Gasteiger partial charge in [0, 0.05) is 30.9 Å². The van der Waals surface area contributed by atoms with E-state index in [1.165, 1.54) is 0 Å². The largest absolute Gasteiger partial charge is 0.385 e. The topological polar surface area (TPSA) is 32.3 Å². The van der Waals surface area contributed by atoms with Crippen molar-refractivity contribution < 1.29 is 4.79 Å². The van der Waals surface area contributed by atoms with E-state index in [0.717, 1.165) is 37.3 Å². The number of amides is 1. The molecule has 0 radical (unpaired) electrons. The summed E-state index contributed by atoms with van der Waals surface area (Å²) in [5, 5.41) is 3.32. The van der Waals surface area contributed by atoms with Crippen LogP contribution in [0.4, 0.5) is 5.69 Å². The molecule has 1 aromatic carbocycles. The number of hydrogen-bond donors (Lipinski definition) is 1.